The molecule has 2 heterocycles. The molecule has 1 aromatic carbocycles. The first kappa shape index (κ1) is 13.1. The Hall–Kier alpha value is -1.95. The van der Waals surface area contributed by atoms with Gasteiger partial charge in [0.2, 0.25) is 6.79 Å². The molecule has 1 N–H and O–H groups in total. The van der Waals surface area contributed by atoms with E-state index < -0.39 is 0 Å². The van der Waals surface area contributed by atoms with E-state index in [0.717, 1.165) is 17.1 Å². The van der Waals surface area contributed by atoms with Gasteiger partial charge in [0.1, 0.15) is 0 Å². The van der Waals surface area contributed by atoms with Gasteiger partial charge in [-0.05, 0) is 24.6 Å². The third-order valence-electron chi connectivity index (χ3n) is 3.53. The Kier molecular flexibility index (Phi) is 3.64. The highest BCUT2D eigenvalue weighted by atomic mass is 16.7. The van der Waals surface area contributed by atoms with E-state index in [2.05, 4.69) is 5.32 Å². The summed E-state index contributed by atoms with van der Waals surface area (Å²) < 4.78 is 15.9. The number of rotatable bonds is 2. The van der Waals surface area contributed by atoms with Crippen molar-refractivity contribution in [2.45, 2.75) is 13.0 Å². The first-order valence-electron chi connectivity index (χ1n) is 6.77. The summed E-state index contributed by atoms with van der Waals surface area (Å²) in [6, 6.07) is 5.58. The monoisotopic (exact) mass is 278 g/mol. The van der Waals surface area contributed by atoms with Crippen LogP contribution in [0.2, 0.25) is 0 Å². The molecule has 2 aliphatic heterocycles. The molecule has 6 heteroatoms. The molecule has 108 valence electrons. The van der Waals surface area contributed by atoms with Crippen molar-refractivity contribution in [2.75, 3.05) is 33.1 Å². The lowest BCUT2D eigenvalue weighted by molar-refractivity contribution is 0.0526. The molecule has 2 aliphatic rings. The number of fused-ring (bicyclic) bond motifs is 1. The molecule has 20 heavy (non-hydrogen) atoms. The molecule has 1 fully saturated rings. The summed E-state index contributed by atoms with van der Waals surface area (Å²) in [5, 5.41) is 2.99. The topological polar surface area (TPSA) is 60.0 Å². The number of benzene rings is 1. The summed E-state index contributed by atoms with van der Waals surface area (Å²) in [4.78, 5) is 13.9. The molecule has 0 spiro atoms. The zero-order valence-electron chi connectivity index (χ0n) is 11.4. The smallest absolute Gasteiger partial charge is 0.318 e. The van der Waals surface area contributed by atoms with Crippen LogP contribution in [0.25, 0.3) is 0 Å². The molecule has 1 saturated heterocycles. The fourth-order valence-corrected chi connectivity index (χ4v) is 2.31. The minimum Gasteiger partial charge on any atom is -0.454 e. The second-order valence-corrected chi connectivity index (χ2v) is 4.88. The third-order valence-corrected chi connectivity index (χ3v) is 3.53. The van der Waals surface area contributed by atoms with Gasteiger partial charge in [0.25, 0.3) is 0 Å². The third kappa shape index (κ3) is 2.65. The zero-order valence-corrected chi connectivity index (χ0v) is 11.4. The van der Waals surface area contributed by atoms with E-state index >= 15 is 0 Å². The van der Waals surface area contributed by atoms with Crippen LogP contribution in [-0.4, -0.2) is 44.0 Å². The van der Waals surface area contributed by atoms with Crippen LogP contribution in [-0.2, 0) is 4.74 Å². The average Bonchev–Trinajstić information content (AvgIpc) is 2.95. The lowest BCUT2D eigenvalue weighted by Gasteiger charge is -2.28. The maximum atomic E-state index is 12.1. The van der Waals surface area contributed by atoms with E-state index in [4.69, 9.17) is 14.2 Å². The Morgan fingerprint density at radius 1 is 1.25 bits per heavy atom. The summed E-state index contributed by atoms with van der Waals surface area (Å²) in [5.74, 6) is 1.48. The summed E-state index contributed by atoms with van der Waals surface area (Å²) in [5.41, 5.74) is 0.996. The Morgan fingerprint density at radius 2 is 2.00 bits per heavy atom. The summed E-state index contributed by atoms with van der Waals surface area (Å²) >= 11 is 0. The number of ether oxygens (including phenoxy) is 3. The Bertz CT molecular complexity index is 500. The molecule has 0 unspecified atom stereocenters. The largest absolute Gasteiger partial charge is 0.454 e. The number of hydrogen-bond donors (Lipinski definition) is 1. The van der Waals surface area contributed by atoms with Crippen molar-refractivity contribution in [2.24, 2.45) is 0 Å². The van der Waals surface area contributed by atoms with Crippen LogP contribution in [0.3, 0.4) is 0 Å². The second kappa shape index (κ2) is 5.58. The molecule has 0 saturated carbocycles. The van der Waals surface area contributed by atoms with Gasteiger partial charge in [-0.25, -0.2) is 4.79 Å². The standard InChI is InChI=1S/C14H18N2O4/c1-10(15-14(17)16-4-6-18-7-5-16)11-2-3-12-13(8-11)20-9-19-12/h2-3,8,10H,4-7,9H2,1H3,(H,15,17)/t10-/m0/s1. The highest BCUT2D eigenvalue weighted by molar-refractivity contribution is 5.74. The maximum Gasteiger partial charge on any atom is 0.318 e. The highest BCUT2D eigenvalue weighted by Gasteiger charge is 2.20. The molecule has 0 bridgehead atoms. The van der Waals surface area contributed by atoms with Crippen LogP contribution >= 0.6 is 0 Å². The number of morpholine rings is 1. The fraction of sp³-hybridized carbons (Fsp3) is 0.500. The number of nitrogens with zero attached hydrogens (tertiary/aromatic N) is 1. The lowest BCUT2D eigenvalue weighted by Crippen LogP contribution is -2.46. The van der Waals surface area contributed by atoms with E-state index in [9.17, 15) is 4.79 Å². The molecule has 0 aliphatic carbocycles. The van der Waals surface area contributed by atoms with Crippen molar-refractivity contribution in [3.63, 3.8) is 0 Å². The molecule has 1 aromatic rings. The van der Waals surface area contributed by atoms with E-state index in [1.165, 1.54) is 0 Å². The summed E-state index contributed by atoms with van der Waals surface area (Å²) in [6.07, 6.45) is 0. The molecule has 3 rings (SSSR count). The summed E-state index contributed by atoms with van der Waals surface area (Å²) in [6.45, 7) is 4.69. The van der Waals surface area contributed by atoms with Crippen LogP contribution in [0.15, 0.2) is 18.2 Å². The Balaban J connectivity index is 1.63. The van der Waals surface area contributed by atoms with Crippen molar-refractivity contribution in [3.8, 4) is 11.5 Å². The average molecular weight is 278 g/mol. The van der Waals surface area contributed by atoms with E-state index in [1.807, 2.05) is 25.1 Å². The van der Waals surface area contributed by atoms with Crippen LogP contribution in [0.1, 0.15) is 18.5 Å². The first-order chi connectivity index (χ1) is 9.74. The van der Waals surface area contributed by atoms with E-state index in [1.54, 1.807) is 4.90 Å². The van der Waals surface area contributed by atoms with E-state index in [0.29, 0.717) is 26.3 Å². The van der Waals surface area contributed by atoms with Gasteiger partial charge in [-0.2, -0.15) is 0 Å². The lowest BCUT2D eigenvalue weighted by atomic mass is 10.1. The quantitative estimate of drug-likeness (QED) is 0.891. The number of carbonyl (C=O) groups excluding carboxylic acids is 1. The number of carbonyl (C=O) groups is 1. The molecule has 0 radical (unpaired) electrons. The predicted octanol–water partition coefficient (Wildman–Crippen LogP) is 1.52. The van der Waals surface area contributed by atoms with Crippen LogP contribution < -0.4 is 14.8 Å². The number of nitrogens with one attached hydrogen (secondary N) is 1. The zero-order chi connectivity index (χ0) is 13.9. The number of amides is 2. The van der Waals surface area contributed by atoms with Gasteiger partial charge in [-0.15, -0.1) is 0 Å². The normalized spacial score (nSPS) is 18.8. The van der Waals surface area contributed by atoms with E-state index in [-0.39, 0.29) is 18.9 Å². The van der Waals surface area contributed by atoms with Crippen molar-refractivity contribution in [1.29, 1.82) is 0 Å². The molecule has 2 amide bonds. The number of hydrogen-bond acceptors (Lipinski definition) is 4. The van der Waals surface area contributed by atoms with Gasteiger partial charge >= 0.3 is 6.03 Å². The fourth-order valence-electron chi connectivity index (χ4n) is 2.31. The number of urea groups is 1. The van der Waals surface area contributed by atoms with Gasteiger partial charge < -0.3 is 24.4 Å². The SMILES string of the molecule is C[C@H](NC(=O)N1CCOCC1)c1ccc2c(c1)OCO2. The Morgan fingerprint density at radius 3 is 2.80 bits per heavy atom. The highest BCUT2D eigenvalue weighted by Crippen LogP contribution is 2.34. The van der Waals surface area contributed by atoms with Gasteiger partial charge in [0, 0.05) is 13.1 Å². The van der Waals surface area contributed by atoms with Crippen LogP contribution in [0.4, 0.5) is 4.79 Å². The van der Waals surface area contributed by atoms with Crippen molar-refractivity contribution in [1.82, 2.24) is 10.2 Å². The predicted molar refractivity (Wildman–Crippen MR) is 71.9 cm³/mol. The minimum atomic E-state index is -0.0835. The molecular formula is C14H18N2O4. The van der Waals surface area contributed by atoms with Gasteiger partial charge in [-0.3, -0.25) is 0 Å². The first-order valence-corrected chi connectivity index (χ1v) is 6.77. The van der Waals surface area contributed by atoms with Crippen molar-refractivity contribution < 1.29 is 19.0 Å². The Labute approximate surface area is 117 Å². The van der Waals surface area contributed by atoms with Gasteiger partial charge in [-0.1, -0.05) is 6.07 Å². The maximum absolute atomic E-state index is 12.1. The van der Waals surface area contributed by atoms with Gasteiger partial charge in [0.05, 0.1) is 19.3 Å². The molecule has 0 aromatic heterocycles. The van der Waals surface area contributed by atoms with Crippen molar-refractivity contribution in [3.05, 3.63) is 23.8 Å². The summed E-state index contributed by atoms with van der Waals surface area (Å²) in [7, 11) is 0. The van der Waals surface area contributed by atoms with Gasteiger partial charge in [0.15, 0.2) is 11.5 Å². The van der Waals surface area contributed by atoms with Crippen LogP contribution in [0.5, 0.6) is 11.5 Å². The second-order valence-electron chi connectivity index (χ2n) is 4.88. The minimum absolute atomic E-state index is 0.0570. The molecule has 1 atom stereocenters. The van der Waals surface area contributed by atoms with Crippen LogP contribution in [0, 0.1) is 0 Å². The molecular weight excluding hydrogens is 260 g/mol. The van der Waals surface area contributed by atoms with Crippen molar-refractivity contribution >= 4 is 6.03 Å². The molecule has 6 nitrogen and oxygen atoms in total.